The summed E-state index contributed by atoms with van der Waals surface area (Å²) in [6.07, 6.45) is 0. The van der Waals surface area contributed by atoms with Crippen LogP contribution in [-0.2, 0) is 21.3 Å². The quantitative estimate of drug-likeness (QED) is 0.382. The van der Waals surface area contributed by atoms with E-state index in [2.05, 4.69) is 0 Å². The van der Waals surface area contributed by atoms with Crippen molar-refractivity contribution in [3.8, 4) is 0 Å². The van der Waals surface area contributed by atoms with Gasteiger partial charge in [-0.1, -0.05) is 0 Å². The third-order valence-corrected chi connectivity index (χ3v) is 0. The molecule has 6 heavy (non-hydrogen) atoms. The molecule has 0 aromatic rings. The van der Waals surface area contributed by atoms with Crippen LogP contribution in [0.3, 0.4) is 0 Å². The molecule has 0 aliphatic heterocycles. The van der Waals surface area contributed by atoms with E-state index in [1.54, 1.807) is 0 Å². The van der Waals surface area contributed by atoms with Crippen molar-refractivity contribution >= 4 is 5.97 Å². The van der Waals surface area contributed by atoms with Gasteiger partial charge in [0.25, 0.3) is 0 Å². The molecule has 0 unspecified atom stereocenters. The third-order valence-electron chi connectivity index (χ3n) is 0. The van der Waals surface area contributed by atoms with Gasteiger partial charge in [0.05, 0.1) is 0 Å². The second-order valence-corrected chi connectivity index (χ2v) is 0.492. The van der Waals surface area contributed by atoms with Crippen molar-refractivity contribution < 1.29 is 31.9 Å². The maximum atomic E-state index is 8.89. The zero-order valence-electron chi connectivity index (χ0n) is 3.08. The Morgan fingerprint density at radius 1 is 1.67 bits per heavy atom. The predicted molar refractivity (Wildman–Crippen MR) is 12.6 cm³/mol. The number of aliphatic carboxylic acids is 1. The van der Waals surface area contributed by atoms with Gasteiger partial charge < -0.3 is 15.4 Å². The molecule has 0 saturated heterocycles. The Morgan fingerprint density at radius 3 is 1.67 bits per heavy atom. The van der Waals surface area contributed by atoms with Crippen molar-refractivity contribution in [2.24, 2.45) is 0 Å². The molecule has 0 aliphatic carbocycles. The Labute approximate surface area is 45.6 Å². The largest absolute Gasteiger partial charge is 2.00 e. The molecule has 0 spiro atoms. The van der Waals surface area contributed by atoms with E-state index in [9.17, 15) is 0 Å². The summed E-state index contributed by atoms with van der Waals surface area (Å²) < 4.78 is 0. The second kappa shape index (κ2) is 8.87. The van der Waals surface area contributed by atoms with E-state index < -0.39 is 5.97 Å². The fraction of sp³-hybridized carbons (Fsp3) is 0.500. The summed E-state index contributed by atoms with van der Waals surface area (Å²) in [5.41, 5.74) is 0. The Hall–Kier alpha value is -0.0765. The fourth-order valence-electron chi connectivity index (χ4n) is 0. The number of hydrogen-bond donors (Lipinski definition) is 0. The Balaban J connectivity index is -0.0000000450. The predicted octanol–water partition coefficient (Wildman–Crippen LogP) is -1.42. The van der Waals surface area contributed by atoms with Crippen LogP contribution in [0, 0.1) is 0 Å². The van der Waals surface area contributed by atoms with E-state index in [0.717, 1.165) is 6.92 Å². The van der Waals surface area contributed by atoms with E-state index >= 15 is 0 Å². The first-order valence-electron chi connectivity index (χ1n) is 0.908. The molecule has 0 aromatic carbocycles. The molecule has 0 saturated carbocycles. The summed E-state index contributed by atoms with van der Waals surface area (Å²) in [7, 11) is 0. The number of carbonyl (C=O) groups excluding carboxylic acids is 1. The van der Waals surface area contributed by atoms with E-state index in [1.165, 1.54) is 0 Å². The Morgan fingerprint density at radius 2 is 1.67 bits per heavy atom. The van der Waals surface area contributed by atoms with Crippen LogP contribution in [0.1, 0.15) is 6.92 Å². The number of rotatable bonds is 0. The molecule has 40 valence electrons. The maximum absolute atomic E-state index is 8.89. The van der Waals surface area contributed by atoms with Gasteiger partial charge in [0.2, 0.25) is 0 Å². The topological polar surface area (TPSA) is 70.1 Å². The molecule has 0 bridgehead atoms. The fourth-order valence-corrected chi connectivity index (χ4v) is 0. The molecule has 0 radical (unpaired) electrons. The van der Waals surface area contributed by atoms with Gasteiger partial charge in [0.15, 0.2) is 0 Å². The minimum atomic E-state index is -1.08. The summed E-state index contributed by atoms with van der Waals surface area (Å²) in [4.78, 5) is 8.89. The molecule has 4 heteroatoms. The normalized spacial score (nSPS) is 4.17. The second-order valence-electron chi connectivity index (χ2n) is 0.492. The first kappa shape index (κ1) is 16.8. The zero-order chi connectivity index (χ0) is 3.58. The molecule has 0 heterocycles. The van der Waals surface area contributed by atoms with Gasteiger partial charge >= 0.3 is 16.5 Å². The Bertz CT molecular complexity index is 31.8. The van der Waals surface area contributed by atoms with E-state index in [1.807, 2.05) is 0 Å². The first-order valence-corrected chi connectivity index (χ1v) is 0.908. The van der Waals surface area contributed by atoms with Crippen LogP contribution in [-0.4, -0.2) is 11.4 Å². The molecule has 1 N–H and O–H groups in total. The average Bonchev–Trinajstić information content (AvgIpc) is 0.811. The Kier molecular flexibility index (Phi) is 24.8. The molecule has 0 amide bonds. The van der Waals surface area contributed by atoms with Crippen molar-refractivity contribution in [2.45, 2.75) is 6.92 Å². The van der Waals surface area contributed by atoms with Gasteiger partial charge in [-0.25, -0.2) is 0 Å². The molecule has 0 rings (SSSR count). The van der Waals surface area contributed by atoms with Gasteiger partial charge in [-0.3, -0.25) is 0 Å². The number of carboxylic acids is 1. The average molecular weight is 135 g/mol. The van der Waals surface area contributed by atoms with Crippen LogP contribution in [0.5, 0.6) is 0 Å². The monoisotopic (exact) mass is 134 g/mol. The zero-order valence-corrected chi connectivity index (χ0v) is 4.07. The van der Waals surface area contributed by atoms with E-state index in [4.69, 9.17) is 9.90 Å². The SMILES string of the molecule is CC(=O)[O-].[Ni+2].[OH-]. The molecule has 0 atom stereocenters. The third kappa shape index (κ3) is 5730. The molecule has 0 fully saturated rings. The van der Waals surface area contributed by atoms with Gasteiger partial charge in [-0.15, -0.1) is 0 Å². The van der Waals surface area contributed by atoms with E-state index in [-0.39, 0.29) is 22.0 Å². The maximum Gasteiger partial charge on any atom is 2.00 e. The van der Waals surface area contributed by atoms with Crippen LogP contribution in [0.4, 0.5) is 0 Å². The standard InChI is InChI=1S/C2H4O2.Ni.H2O/c1-2(3)4;;/h1H3,(H,3,4);;1H2/q;+2;/p-2. The summed E-state index contributed by atoms with van der Waals surface area (Å²) in [6, 6.07) is 0. The van der Waals surface area contributed by atoms with Gasteiger partial charge in [0.1, 0.15) is 0 Å². The van der Waals surface area contributed by atoms with Crippen molar-refractivity contribution in [1.82, 2.24) is 0 Å². The molecular weight excluding hydrogens is 131 g/mol. The molecule has 3 nitrogen and oxygen atoms in total. The summed E-state index contributed by atoms with van der Waals surface area (Å²) in [6.45, 7) is 0.972. The minimum Gasteiger partial charge on any atom is -0.870 e. The van der Waals surface area contributed by atoms with Crippen LogP contribution in [0.25, 0.3) is 0 Å². The van der Waals surface area contributed by atoms with E-state index in [0.29, 0.717) is 0 Å². The smallest absolute Gasteiger partial charge is 0.870 e. The van der Waals surface area contributed by atoms with Gasteiger partial charge in [0, 0.05) is 5.97 Å². The van der Waals surface area contributed by atoms with Crippen LogP contribution >= 0.6 is 0 Å². The van der Waals surface area contributed by atoms with Gasteiger partial charge in [-0.05, 0) is 6.92 Å². The van der Waals surface area contributed by atoms with Gasteiger partial charge in [-0.2, -0.15) is 0 Å². The van der Waals surface area contributed by atoms with Crippen molar-refractivity contribution in [1.29, 1.82) is 0 Å². The summed E-state index contributed by atoms with van der Waals surface area (Å²) >= 11 is 0. The molecule has 0 aliphatic rings. The number of carboxylic acid groups (broad SMARTS) is 1. The summed E-state index contributed by atoms with van der Waals surface area (Å²) in [5.74, 6) is -1.08. The van der Waals surface area contributed by atoms with Crippen LogP contribution in [0.2, 0.25) is 0 Å². The van der Waals surface area contributed by atoms with Crippen molar-refractivity contribution in [3.05, 3.63) is 0 Å². The van der Waals surface area contributed by atoms with Crippen molar-refractivity contribution in [2.75, 3.05) is 0 Å². The molecular formula is C2H4NiO3. The van der Waals surface area contributed by atoms with Crippen LogP contribution < -0.4 is 5.11 Å². The molecule has 0 aromatic heterocycles. The van der Waals surface area contributed by atoms with Crippen LogP contribution in [0.15, 0.2) is 0 Å². The minimum absolute atomic E-state index is 0. The van der Waals surface area contributed by atoms with Crippen molar-refractivity contribution in [3.63, 3.8) is 0 Å². The summed E-state index contributed by atoms with van der Waals surface area (Å²) in [5, 5.41) is 8.89. The first-order chi connectivity index (χ1) is 1.73. The number of hydrogen-bond acceptors (Lipinski definition) is 3. The number of carbonyl (C=O) groups is 1.